The van der Waals surface area contributed by atoms with E-state index in [-0.39, 0.29) is 31.0 Å². The number of carbonyl (C=O) groups is 9. The summed E-state index contributed by atoms with van der Waals surface area (Å²) in [7, 11) is 0. The number of thiol groups is 1. The molecule has 310 valence electrons. The Balaban J connectivity index is -0.000000127. The molecule has 0 aromatic carbocycles. The van der Waals surface area contributed by atoms with E-state index in [0.717, 1.165) is 0 Å². The topological polar surface area (TPSA) is 560 Å². The molecule has 0 fully saturated rings. The fourth-order valence-electron chi connectivity index (χ4n) is 1.73. The third-order valence-electron chi connectivity index (χ3n) is 4.66. The van der Waals surface area contributed by atoms with Crippen LogP contribution in [0.25, 0.3) is 0 Å². The zero-order valence-electron chi connectivity index (χ0n) is 28.4. The van der Waals surface area contributed by atoms with Gasteiger partial charge in [0.2, 0.25) is 5.91 Å². The molecule has 0 heterocycles. The van der Waals surface area contributed by atoms with Crippen molar-refractivity contribution in [3.8, 4) is 0 Å². The third kappa shape index (κ3) is 56.2. The first kappa shape index (κ1) is 59.7. The molecule has 0 saturated heterocycles. The molecule has 27 nitrogen and oxygen atoms in total. The molecule has 53 heavy (non-hydrogen) atoms. The number of nitrogens with one attached hydrogen (secondary N) is 2. The molecule has 0 rings (SSSR count). The molecule has 0 aliphatic heterocycles. The number of carboxylic acid groups (broad SMARTS) is 8. The molecule has 0 spiro atoms. The van der Waals surface area contributed by atoms with Gasteiger partial charge >= 0.3 is 47.8 Å². The number of hydrogen-bond donors (Lipinski definition) is 19. The summed E-state index contributed by atoms with van der Waals surface area (Å²) in [6.45, 7) is 1.90. The molecule has 0 aromatic heterocycles. The van der Waals surface area contributed by atoms with Crippen molar-refractivity contribution in [1.82, 2.24) is 5.32 Å². The maximum absolute atomic E-state index is 10.2. The van der Waals surface area contributed by atoms with Gasteiger partial charge in [-0.25, -0.2) is 0 Å². The van der Waals surface area contributed by atoms with Crippen LogP contribution in [-0.2, 0) is 43.2 Å². The summed E-state index contributed by atoms with van der Waals surface area (Å²) in [6.07, 6.45) is -0.0918. The summed E-state index contributed by atoms with van der Waals surface area (Å²) < 4.78 is 0. The zero-order chi connectivity index (χ0) is 43.6. The molecule has 0 bridgehead atoms. The minimum Gasteiger partial charge on any atom is -0.481 e. The molecular weight excluding hydrogens is 744 g/mol. The SMILES string of the molecule is CC(N)C(=O)O.N=C(N)NCCCC(N)C(=O)O.NC(=O)CC(N)C(=O)O.NC(CC(=O)O)C(=O)O.NC(CCC(=O)O)C(=O)O.NC(CS)C(=O)O. The average molecular weight is 797 g/mol. The van der Waals surface area contributed by atoms with Gasteiger partial charge in [0.1, 0.15) is 36.3 Å². The van der Waals surface area contributed by atoms with Crippen molar-refractivity contribution >= 4 is 72.2 Å². The number of aliphatic carboxylic acids is 8. The molecule has 0 aromatic rings. The molecule has 6 unspecified atom stereocenters. The Bertz CT molecular complexity index is 1130. The van der Waals surface area contributed by atoms with Gasteiger partial charge in [-0.1, -0.05) is 0 Å². The minimum absolute atomic E-state index is 0.0231. The summed E-state index contributed by atoms with van der Waals surface area (Å²) in [4.78, 5) is 88.9. The van der Waals surface area contributed by atoms with E-state index >= 15 is 0 Å². The van der Waals surface area contributed by atoms with Crippen LogP contribution >= 0.6 is 12.6 Å². The van der Waals surface area contributed by atoms with Crippen molar-refractivity contribution in [2.45, 2.75) is 81.7 Å². The molecule has 6 atom stereocenters. The summed E-state index contributed by atoms with van der Waals surface area (Å²) in [5, 5.41) is 74.0. The summed E-state index contributed by atoms with van der Waals surface area (Å²) >= 11 is 3.65. The van der Waals surface area contributed by atoms with Crippen LogP contribution in [0, 0.1) is 5.41 Å². The second kappa shape index (κ2) is 36.4. The number of nitrogens with two attached hydrogens (primary N) is 8. The predicted octanol–water partition coefficient (Wildman–Crippen LogP) is -6.18. The highest BCUT2D eigenvalue weighted by Crippen LogP contribution is 1.94. The summed E-state index contributed by atoms with van der Waals surface area (Å²) in [5.41, 5.74) is 39.4. The Kier molecular flexibility index (Phi) is 41.0. The molecule has 26 N–H and O–H groups in total. The van der Waals surface area contributed by atoms with Crippen molar-refractivity contribution in [3.63, 3.8) is 0 Å². The van der Waals surface area contributed by atoms with Gasteiger partial charge in [0.15, 0.2) is 5.96 Å². The van der Waals surface area contributed by atoms with Crippen molar-refractivity contribution < 1.29 is 84.0 Å². The highest BCUT2D eigenvalue weighted by molar-refractivity contribution is 7.80. The summed E-state index contributed by atoms with van der Waals surface area (Å²) in [6, 6.07) is -5.88. The Morgan fingerprint density at radius 3 is 1.09 bits per heavy atom. The van der Waals surface area contributed by atoms with Gasteiger partial charge < -0.3 is 92.0 Å². The second-order valence-corrected chi connectivity index (χ2v) is 10.1. The quantitative estimate of drug-likeness (QED) is 0.0265. The van der Waals surface area contributed by atoms with E-state index < -0.39 is 96.3 Å². The van der Waals surface area contributed by atoms with Gasteiger partial charge in [0.25, 0.3) is 0 Å². The van der Waals surface area contributed by atoms with Gasteiger partial charge in [-0.2, -0.15) is 12.6 Å². The van der Waals surface area contributed by atoms with Gasteiger partial charge in [-0.15, -0.1) is 0 Å². The Morgan fingerprint density at radius 2 is 0.906 bits per heavy atom. The molecule has 0 saturated carbocycles. The van der Waals surface area contributed by atoms with Crippen LogP contribution in [0.2, 0.25) is 0 Å². The van der Waals surface area contributed by atoms with Crippen LogP contribution in [0.4, 0.5) is 0 Å². The smallest absolute Gasteiger partial charge is 0.321 e. The van der Waals surface area contributed by atoms with Crippen molar-refractivity contribution in [2.24, 2.45) is 45.9 Å². The lowest BCUT2D eigenvalue weighted by Crippen LogP contribution is -2.34. The third-order valence-corrected chi connectivity index (χ3v) is 5.06. The van der Waals surface area contributed by atoms with E-state index in [2.05, 4.69) is 23.7 Å². The van der Waals surface area contributed by atoms with Crippen LogP contribution in [-0.4, -0.2) is 149 Å². The van der Waals surface area contributed by atoms with Crippen LogP contribution in [0.1, 0.15) is 45.4 Å². The van der Waals surface area contributed by atoms with Crippen molar-refractivity contribution in [2.75, 3.05) is 12.3 Å². The standard InChI is InChI=1S/C6H14N4O2.C5H9NO4.C4H8N2O3.C4H7NO4.C3H7NO2S.C3H7NO2/c7-4(5(11)12)2-1-3-10-6(8)9;6-3(5(9)10)1-2-4(7)8;2*5-2(4(8)9)1-3(6)7;4-2(1-7)3(5)6;1-2(4)3(5)6/h4H,1-3,7H2,(H,11,12)(H4,8,9,10);3H,1-2,6H2,(H,7,8)(H,9,10);2H,1,5H2,(H2,6,7)(H,8,9);2H,1,5H2,(H,6,7)(H,8,9);2,7H,1,4H2,(H,5,6);2H,4H2,1H3,(H,5,6). The highest BCUT2D eigenvalue weighted by atomic mass is 32.1. The van der Waals surface area contributed by atoms with Crippen molar-refractivity contribution in [1.29, 1.82) is 5.41 Å². The van der Waals surface area contributed by atoms with E-state index in [4.69, 9.17) is 86.4 Å². The number of guanidine groups is 1. The van der Waals surface area contributed by atoms with Crippen LogP contribution in [0.15, 0.2) is 0 Å². The second-order valence-electron chi connectivity index (χ2n) is 9.72. The van der Waals surface area contributed by atoms with Gasteiger partial charge in [-0.05, 0) is 26.2 Å². The number of carboxylic acids is 8. The number of rotatable bonds is 18. The molecule has 0 aliphatic carbocycles. The lowest BCUT2D eigenvalue weighted by atomic mass is 10.2. The number of hydrogen-bond acceptors (Lipinski definition) is 17. The van der Waals surface area contributed by atoms with E-state index in [1.807, 2.05) is 0 Å². The average Bonchev–Trinajstić information content (AvgIpc) is 3.01. The predicted molar refractivity (Wildman–Crippen MR) is 185 cm³/mol. The van der Waals surface area contributed by atoms with E-state index in [0.29, 0.717) is 19.4 Å². The number of carbonyl (C=O) groups excluding carboxylic acids is 1. The van der Waals surface area contributed by atoms with Gasteiger partial charge in [0, 0.05) is 18.7 Å². The molecule has 1 amide bonds. The van der Waals surface area contributed by atoms with E-state index in [1.54, 1.807) is 0 Å². The monoisotopic (exact) mass is 796 g/mol. The van der Waals surface area contributed by atoms with Crippen LogP contribution in [0.3, 0.4) is 0 Å². The van der Waals surface area contributed by atoms with E-state index in [9.17, 15) is 43.2 Å². The van der Waals surface area contributed by atoms with Gasteiger partial charge in [-0.3, -0.25) is 48.6 Å². The molecule has 0 radical (unpaired) electrons. The largest absolute Gasteiger partial charge is 0.481 e. The lowest BCUT2D eigenvalue weighted by Gasteiger charge is -2.06. The van der Waals surface area contributed by atoms with Crippen LogP contribution in [0.5, 0.6) is 0 Å². The number of primary amides is 1. The molecule has 0 aliphatic rings. The first-order chi connectivity index (χ1) is 24.0. The molecule has 28 heteroatoms. The lowest BCUT2D eigenvalue weighted by molar-refractivity contribution is -0.144. The fourth-order valence-corrected chi connectivity index (χ4v) is 1.88. The Morgan fingerprint density at radius 1 is 0.566 bits per heavy atom. The fraction of sp³-hybridized carbons (Fsp3) is 0.600. The Hall–Kier alpha value is -5.39. The Labute approximate surface area is 306 Å². The normalized spacial score (nSPS) is 12.7. The van der Waals surface area contributed by atoms with Crippen LogP contribution < -0.4 is 51.2 Å². The van der Waals surface area contributed by atoms with Gasteiger partial charge in [0.05, 0.1) is 12.8 Å². The first-order valence-corrected chi connectivity index (χ1v) is 14.9. The molecular formula is C25H52N10O17S. The highest BCUT2D eigenvalue weighted by Gasteiger charge is 2.15. The van der Waals surface area contributed by atoms with E-state index in [1.165, 1.54) is 6.92 Å². The first-order valence-electron chi connectivity index (χ1n) is 14.3. The van der Waals surface area contributed by atoms with Crippen molar-refractivity contribution in [3.05, 3.63) is 0 Å². The zero-order valence-corrected chi connectivity index (χ0v) is 29.3. The minimum atomic E-state index is -1.29. The maximum Gasteiger partial charge on any atom is 0.321 e. The maximum atomic E-state index is 10.2. The number of amides is 1. The summed E-state index contributed by atoms with van der Waals surface area (Å²) in [5.74, 6) is -9.50.